The monoisotopic (exact) mass is 358 g/mol. The third-order valence-corrected chi connectivity index (χ3v) is 3.73. The van der Waals surface area contributed by atoms with Gasteiger partial charge in [-0.25, -0.2) is 0 Å². The zero-order chi connectivity index (χ0) is 18.0. The summed E-state index contributed by atoms with van der Waals surface area (Å²) in [6.07, 6.45) is 1.55. The molecule has 3 N–H and O–H groups in total. The standard InChI is InChI=1S/C16H15ClN6O2/c1-18-16(25)14-13(8-23(2)22-14)19-15(24)12-7-11(20-21-12)9-3-5-10(17)6-4-9/h3-8H,1-2H3,(H,18,25)(H,19,24)(H,20,21). The van der Waals surface area contributed by atoms with Gasteiger partial charge in [-0.3, -0.25) is 19.4 Å². The number of H-pyrrole nitrogens is 1. The maximum absolute atomic E-state index is 12.4. The van der Waals surface area contributed by atoms with Crippen LogP contribution in [0.4, 0.5) is 5.69 Å². The third-order valence-electron chi connectivity index (χ3n) is 3.48. The summed E-state index contributed by atoms with van der Waals surface area (Å²) < 4.78 is 1.45. The van der Waals surface area contributed by atoms with Crippen LogP contribution in [-0.4, -0.2) is 38.8 Å². The fourth-order valence-corrected chi connectivity index (χ4v) is 2.39. The number of carbonyl (C=O) groups excluding carboxylic acids is 2. The van der Waals surface area contributed by atoms with Crippen molar-refractivity contribution in [3.63, 3.8) is 0 Å². The maximum Gasteiger partial charge on any atom is 0.273 e. The Kier molecular flexibility index (Phi) is 4.53. The van der Waals surface area contributed by atoms with E-state index in [-0.39, 0.29) is 17.3 Å². The van der Waals surface area contributed by atoms with Crippen LogP contribution in [-0.2, 0) is 7.05 Å². The molecule has 9 heteroatoms. The Balaban J connectivity index is 1.81. The average Bonchev–Trinajstić information content (AvgIpc) is 3.22. The summed E-state index contributed by atoms with van der Waals surface area (Å²) in [5, 5.41) is 16.6. The van der Waals surface area contributed by atoms with Gasteiger partial charge in [-0.05, 0) is 18.2 Å². The Morgan fingerprint density at radius 2 is 1.92 bits per heavy atom. The Bertz CT molecular complexity index is 929. The molecule has 0 atom stereocenters. The largest absolute Gasteiger partial charge is 0.354 e. The van der Waals surface area contributed by atoms with E-state index in [9.17, 15) is 9.59 Å². The number of halogens is 1. The molecule has 0 bridgehead atoms. The summed E-state index contributed by atoms with van der Waals surface area (Å²) in [6.45, 7) is 0. The highest BCUT2D eigenvalue weighted by atomic mass is 35.5. The van der Waals surface area contributed by atoms with Crippen molar-refractivity contribution in [2.24, 2.45) is 7.05 Å². The number of aromatic nitrogens is 4. The highest BCUT2D eigenvalue weighted by molar-refractivity contribution is 6.30. The van der Waals surface area contributed by atoms with E-state index in [2.05, 4.69) is 25.9 Å². The molecule has 128 valence electrons. The average molecular weight is 359 g/mol. The SMILES string of the molecule is CNC(=O)c1nn(C)cc1NC(=O)c1cc(-c2ccc(Cl)cc2)n[nH]1. The maximum atomic E-state index is 12.4. The Labute approximate surface area is 148 Å². The Morgan fingerprint density at radius 1 is 1.20 bits per heavy atom. The Morgan fingerprint density at radius 3 is 2.60 bits per heavy atom. The summed E-state index contributed by atoms with van der Waals surface area (Å²) in [5.74, 6) is -0.812. The van der Waals surface area contributed by atoms with Crippen molar-refractivity contribution in [1.29, 1.82) is 0 Å². The molecule has 0 saturated heterocycles. The van der Waals surface area contributed by atoms with Gasteiger partial charge in [0.15, 0.2) is 5.69 Å². The van der Waals surface area contributed by atoms with E-state index in [1.807, 2.05) is 12.1 Å². The van der Waals surface area contributed by atoms with E-state index in [0.29, 0.717) is 16.4 Å². The molecule has 2 aromatic heterocycles. The summed E-state index contributed by atoms with van der Waals surface area (Å²) in [6, 6.07) is 8.73. The van der Waals surface area contributed by atoms with Crippen LogP contribution >= 0.6 is 11.6 Å². The molecule has 0 aliphatic rings. The number of carbonyl (C=O) groups is 2. The van der Waals surface area contributed by atoms with Crippen LogP contribution in [0.1, 0.15) is 21.0 Å². The number of hydrogen-bond donors (Lipinski definition) is 3. The van der Waals surface area contributed by atoms with Crippen LogP contribution in [0.2, 0.25) is 5.02 Å². The summed E-state index contributed by atoms with van der Waals surface area (Å²) >= 11 is 5.87. The topological polar surface area (TPSA) is 105 Å². The molecule has 0 aliphatic carbocycles. The van der Waals surface area contributed by atoms with Gasteiger partial charge in [-0.1, -0.05) is 23.7 Å². The zero-order valence-electron chi connectivity index (χ0n) is 13.5. The number of aryl methyl sites for hydroxylation is 1. The van der Waals surface area contributed by atoms with Crippen LogP contribution in [0.15, 0.2) is 36.5 Å². The van der Waals surface area contributed by atoms with E-state index in [1.165, 1.54) is 11.7 Å². The zero-order valence-corrected chi connectivity index (χ0v) is 14.3. The predicted molar refractivity (Wildman–Crippen MR) is 93.6 cm³/mol. The molecule has 2 amide bonds. The third kappa shape index (κ3) is 3.53. The van der Waals surface area contributed by atoms with Crippen LogP contribution < -0.4 is 10.6 Å². The van der Waals surface area contributed by atoms with E-state index in [4.69, 9.17) is 11.6 Å². The highest BCUT2D eigenvalue weighted by Gasteiger charge is 2.18. The van der Waals surface area contributed by atoms with Crippen LogP contribution in [0.5, 0.6) is 0 Å². The first-order valence-electron chi connectivity index (χ1n) is 7.36. The van der Waals surface area contributed by atoms with Gasteiger partial charge < -0.3 is 10.6 Å². The second-order valence-corrected chi connectivity index (χ2v) is 5.71. The van der Waals surface area contributed by atoms with Gasteiger partial charge in [0.25, 0.3) is 11.8 Å². The van der Waals surface area contributed by atoms with Crippen LogP contribution in [0.25, 0.3) is 11.3 Å². The number of nitrogens with zero attached hydrogens (tertiary/aromatic N) is 3. The molecule has 0 unspecified atom stereocenters. The molecule has 0 spiro atoms. The lowest BCUT2D eigenvalue weighted by Crippen LogP contribution is -2.21. The van der Waals surface area contributed by atoms with E-state index >= 15 is 0 Å². The molecule has 8 nitrogen and oxygen atoms in total. The molecule has 0 aliphatic heterocycles. The van der Waals surface area contributed by atoms with Crippen LogP contribution in [0, 0.1) is 0 Å². The summed E-state index contributed by atoms with van der Waals surface area (Å²) in [5.41, 5.74) is 2.15. The molecule has 25 heavy (non-hydrogen) atoms. The molecule has 3 rings (SSSR count). The number of aromatic amines is 1. The van der Waals surface area contributed by atoms with E-state index in [1.54, 1.807) is 31.4 Å². The second kappa shape index (κ2) is 6.78. The fourth-order valence-electron chi connectivity index (χ4n) is 2.26. The van der Waals surface area contributed by atoms with Gasteiger partial charge in [0.2, 0.25) is 0 Å². The smallest absolute Gasteiger partial charge is 0.273 e. The summed E-state index contributed by atoms with van der Waals surface area (Å²) in [7, 11) is 3.16. The van der Waals surface area contributed by atoms with E-state index < -0.39 is 5.91 Å². The minimum atomic E-state index is -0.425. The van der Waals surface area contributed by atoms with Crippen molar-refractivity contribution < 1.29 is 9.59 Å². The normalized spacial score (nSPS) is 10.5. The first-order chi connectivity index (χ1) is 12.0. The second-order valence-electron chi connectivity index (χ2n) is 5.27. The van der Waals surface area contributed by atoms with Gasteiger partial charge in [0, 0.05) is 30.9 Å². The molecule has 0 saturated carbocycles. The lowest BCUT2D eigenvalue weighted by Gasteiger charge is -2.02. The minimum absolute atomic E-state index is 0.135. The van der Waals surface area contributed by atoms with Crippen LogP contribution in [0.3, 0.4) is 0 Å². The molecule has 1 aromatic carbocycles. The van der Waals surface area contributed by atoms with Gasteiger partial charge in [0.05, 0.1) is 11.4 Å². The van der Waals surface area contributed by atoms with Crippen molar-refractivity contribution >= 4 is 29.1 Å². The van der Waals surface area contributed by atoms with Gasteiger partial charge in [-0.15, -0.1) is 0 Å². The first-order valence-corrected chi connectivity index (χ1v) is 7.74. The van der Waals surface area contributed by atoms with Gasteiger partial charge in [0.1, 0.15) is 5.69 Å². The number of anilines is 1. The van der Waals surface area contributed by atoms with Gasteiger partial charge in [-0.2, -0.15) is 10.2 Å². The number of amides is 2. The first kappa shape index (κ1) is 16.7. The van der Waals surface area contributed by atoms with Crippen molar-refractivity contribution in [2.45, 2.75) is 0 Å². The highest BCUT2D eigenvalue weighted by Crippen LogP contribution is 2.21. The Hall–Kier alpha value is -3.13. The fraction of sp³-hybridized carbons (Fsp3) is 0.125. The summed E-state index contributed by atoms with van der Waals surface area (Å²) in [4.78, 5) is 24.2. The van der Waals surface area contributed by atoms with Gasteiger partial charge >= 0.3 is 0 Å². The lowest BCUT2D eigenvalue weighted by atomic mass is 10.1. The number of hydrogen-bond acceptors (Lipinski definition) is 4. The van der Waals surface area contributed by atoms with E-state index in [0.717, 1.165) is 5.56 Å². The predicted octanol–water partition coefficient (Wildman–Crippen LogP) is 2.08. The van der Waals surface area contributed by atoms with Crippen molar-refractivity contribution in [3.8, 4) is 11.3 Å². The van der Waals surface area contributed by atoms with Crippen molar-refractivity contribution in [3.05, 3.63) is 52.9 Å². The van der Waals surface area contributed by atoms with Crippen molar-refractivity contribution in [1.82, 2.24) is 25.3 Å². The minimum Gasteiger partial charge on any atom is -0.354 e. The lowest BCUT2D eigenvalue weighted by molar-refractivity contribution is 0.0958. The number of benzene rings is 1. The molecule has 0 fully saturated rings. The molecular formula is C16H15ClN6O2. The quantitative estimate of drug-likeness (QED) is 0.664. The molecular weight excluding hydrogens is 344 g/mol. The number of nitrogens with one attached hydrogen (secondary N) is 3. The molecule has 3 aromatic rings. The molecule has 2 heterocycles. The molecule has 0 radical (unpaired) electrons. The van der Waals surface area contributed by atoms with Crippen molar-refractivity contribution in [2.75, 3.05) is 12.4 Å². The number of rotatable bonds is 4.